The van der Waals surface area contributed by atoms with Crippen molar-refractivity contribution < 1.29 is 9.21 Å². The second-order valence-corrected chi connectivity index (χ2v) is 5.65. The molecule has 1 aliphatic heterocycles. The van der Waals surface area contributed by atoms with Crippen LogP contribution in [0.3, 0.4) is 0 Å². The van der Waals surface area contributed by atoms with Gasteiger partial charge in [0.15, 0.2) is 10.9 Å². The van der Waals surface area contributed by atoms with Crippen molar-refractivity contribution in [2.75, 3.05) is 19.3 Å². The highest BCUT2D eigenvalue weighted by Gasteiger charge is 2.30. The molecular formula is C13H20N2O2S. The molecule has 0 bridgehead atoms. The standard InChI is InChI=1S/C13H20N2O2S/c1-9-5-6-15(10(7-9)8-14)13(16)11-3-4-12(17-11)18-2/h3-4,9-10H,5-8,14H2,1-2H3. The highest BCUT2D eigenvalue weighted by Crippen LogP contribution is 2.25. The summed E-state index contributed by atoms with van der Waals surface area (Å²) in [5.74, 6) is 1.03. The number of carbonyl (C=O) groups excluding carboxylic acids is 1. The van der Waals surface area contributed by atoms with Crippen molar-refractivity contribution in [1.29, 1.82) is 0 Å². The number of carbonyl (C=O) groups is 1. The van der Waals surface area contributed by atoms with Gasteiger partial charge in [-0.25, -0.2) is 0 Å². The summed E-state index contributed by atoms with van der Waals surface area (Å²) >= 11 is 1.50. The third kappa shape index (κ3) is 2.72. The Morgan fingerprint density at radius 2 is 2.39 bits per heavy atom. The zero-order valence-electron chi connectivity index (χ0n) is 10.9. The Kier molecular flexibility index (Phi) is 4.35. The predicted octanol–water partition coefficient (Wildman–Crippen LogP) is 2.20. The SMILES string of the molecule is CSc1ccc(C(=O)N2CCC(C)CC2CN)o1. The number of rotatable bonds is 3. The van der Waals surface area contributed by atoms with Gasteiger partial charge in [-0.1, -0.05) is 18.7 Å². The molecule has 1 amide bonds. The van der Waals surface area contributed by atoms with E-state index in [2.05, 4.69) is 6.92 Å². The molecule has 2 atom stereocenters. The number of amides is 1. The first-order valence-electron chi connectivity index (χ1n) is 6.30. The Bertz CT molecular complexity index is 419. The lowest BCUT2D eigenvalue weighted by Crippen LogP contribution is -2.49. The van der Waals surface area contributed by atoms with Crippen molar-refractivity contribution in [3.8, 4) is 0 Å². The molecule has 2 N–H and O–H groups in total. The maximum absolute atomic E-state index is 12.4. The van der Waals surface area contributed by atoms with E-state index in [0.29, 0.717) is 18.2 Å². The Morgan fingerprint density at radius 3 is 3.00 bits per heavy atom. The average Bonchev–Trinajstić information content (AvgIpc) is 2.86. The summed E-state index contributed by atoms with van der Waals surface area (Å²) < 4.78 is 5.50. The molecule has 0 spiro atoms. The first-order chi connectivity index (χ1) is 8.65. The lowest BCUT2D eigenvalue weighted by molar-refractivity contribution is 0.0536. The fourth-order valence-electron chi connectivity index (χ4n) is 2.43. The third-order valence-electron chi connectivity index (χ3n) is 3.50. The highest BCUT2D eigenvalue weighted by molar-refractivity contribution is 7.98. The maximum atomic E-state index is 12.4. The molecule has 18 heavy (non-hydrogen) atoms. The van der Waals surface area contributed by atoms with E-state index in [1.807, 2.05) is 17.2 Å². The number of nitrogens with zero attached hydrogens (tertiary/aromatic N) is 1. The normalized spacial score (nSPS) is 24.3. The van der Waals surface area contributed by atoms with E-state index in [1.54, 1.807) is 6.07 Å². The number of nitrogens with two attached hydrogens (primary N) is 1. The summed E-state index contributed by atoms with van der Waals surface area (Å²) in [7, 11) is 0. The fraction of sp³-hybridized carbons (Fsp3) is 0.615. The largest absolute Gasteiger partial charge is 0.445 e. The summed E-state index contributed by atoms with van der Waals surface area (Å²) in [6.45, 7) is 3.51. The van der Waals surface area contributed by atoms with Crippen LogP contribution in [0.1, 0.15) is 30.3 Å². The Labute approximate surface area is 112 Å². The molecule has 100 valence electrons. The summed E-state index contributed by atoms with van der Waals surface area (Å²) in [5.41, 5.74) is 5.77. The van der Waals surface area contributed by atoms with Gasteiger partial charge in [0.2, 0.25) is 0 Å². The minimum absolute atomic E-state index is 0.0300. The summed E-state index contributed by atoms with van der Waals surface area (Å²) in [6.07, 6.45) is 3.95. The van der Waals surface area contributed by atoms with Crippen molar-refractivity contribution in [3.63, 3.8) is 0 Å². The van der Waals surface area contributed by atoms with Gasteiger partial charge in [-0.15, -0.1) is 0 Å². The smallest absolute Gasteiger partial charge is 0.289 e. The number of furan rings is 1. The molecule has 5 heteroatoms. The van der Waals surface area contributed by atoms with Crippen LogP contribution in [0.15, 0.2) is 21.6 Å². The van der Waals surface area contributed by atoms with Crippen LogP contribution in [0.4, 0.5) is 0 Å². The Morgan fingerprint density at radius 1 is 1.61 bits per heavy atom. The number of hydrogen-bond donors (Lipinski definition) is 1. The lowest BCUT2D eigenvalue weighted by atomic mass is 9.92. The van der Waals surface area contributed by atoms with Crippen molar-refractivity contribution in [2.24, 2.45) is 11.7 Å². The zero-order valence-corrected chi connectivity index (χ0v) is 11.7. The van der Waals surface area contributed by atoms with E-state index >= 15 is 0 Å². The van der Waals surface area contributed by atoms with Crippen molar-refractivity contribution in [3.05, 3.63) is 17.9 Å². The first kappa shape index (κ1) is 13.5. The highest BCUT2D eigenvalue weighted by atomic mass is 32.2. The average molecular weight is 268 g/mol. The molecule has 1 saturated heterocycles. The molecule has 0 radical (unpaired) electrons. The van der Waals surface area contributed by atoms with E-state index in [-0.39, 0.29) is 11.9 Å². The molecule has 0 aromatic carbocycles. The van der Waals surface area contributed by atoms with Gasteiger partial charge < -0.3 is 15.1 Å². The summed E-state index contributed by atoms with van der Waals surface area (Å²) in [5, 5.41) is 0.771. The fourth-order valence-corrected chi connectivity index (χ4v) is 2.81. The molecule has 0 aliphatic carbocycles. The third-order valence-corrected chi connectivity index (χ3v) is 4.13. The number of hydrogen-bond acceptors (Lipinski definition) is 4. The molecule has 1 aromatic rings. The molecule has 1 fully saturated rings. The minimum Gasteiger partial charge on any atom is -0.445 e. The molecule has 1 aliphatic rings. The lowest BCUT2D eigenvalue weighted by Gasteiger charge is -2.37. The van der Waals surface area contributed by atoms with Gasteiger partial charge in [-0.2, -0.15) is 0 Å². The number of likely N-dealkylation sites (tertiary alicyclic amines) is 1. The summed E-state index contributed by atoms with van der Waals surface area (Å²) in [4.78, 5) is 14.2. The van der Waals surface area contributed by atoms with E-state index in [9.17, 15) is 4.79 Å². The van der Waals surface area contributed by atoms with Gasteiger partial charge in [-0.3, -0.25) is 4.79 Å². The quantitative estimate of drug-likeness (QED) is 0.854. The van der Waals surface area contributed by atoms with Crippen LogP contribution >= 0.6 is 11.8 Å². The molecule has 2 heterocycles. The molecular weight excluding hydrogens is 248 g/mol. The second-order valence-electron chi connectivity index (χ2n) is 4.84. The van der Waals surface area contributed by atoms with Crippen LogP contribution in [-0.4, -0.2) is 36.2 Å². The second kappa shape index (κ2) is 5.80. The Balaban J connectivity index is 2.11. The predicted molar refractivity (Wildman–Crippen MR) is 72.8 cm³/mol. The topological polar surface area (TPSA) is 59.5 Å². The molecule has 1 aromatic heterocycles. The van der Waals surface area contributed by atoms with E-state index in [1.165, 1.54) is 11.8 Å². The van der Waals surface area contributed by atoms with Gasteiger partial charge in [0, 0.05) is 19.1 Å². The van der Waals surface area contributed by atoms with Gasteiger partial charge in [-0.05, 0) is 37.1 Å². The zero-order chi connectivity index (χ0) is 13.1. The van der Waals surface area contributed by atoms with Crippen molar-refractivity contribution >= 4 is 17.7 Å². The van der Waals surface area contributed by atoms with Crippen LogP contribution in [0.5, 0.6) is 0 Å². The van der Waals surface area contributed by atoms with Crippen molar-refractivity contribution in [1.82, 2.24) is 4.90 Å². The van der Waals surface area contributed by atoms with E-state index in [4.69, 9.17) is 10.2 Å². The van der Waals surface area contributed by atoms with Gasteiger partial charge in [0.1, 0.15) is 0 Å². The molecule has 0 saturated carbocycles. The van der Waals surface area contributed by atoms with E-state index in [0.717, 1.165) is 24.5 Å². The molecule has 2 rings (SSSR count). The maximum Gasteiger partial charge on any atom is 0.289 e. The van der Waals surface area contributed by atoms with Crippen LogP contribution in [0, 0.1) is 5.92 Å². The molecule has 4 nitrogen and oxygen atoms in total. The minimum atomic E-state index is -0.0300. The first-order valence-corrected chi connectivity index (χ1v) is 7.53. The van der Waals surface area contributed by atoms with Gasteiger partial charge >= 0.3 is 0 Å². The van der Waals surface area contributed by atoms with Gasteiger partial charge in [0.25, 0.3) is 5.91 Å². The molecule has 2 unspecified atom stereocenters. The van der Waals surface area contributed by atoms with Gasteiger partial charge in [0.05, 0.1) is 0 Å². The van der Waals surface area contributed by atoms with Crippen LogP contribution in [0.25, 0.3) is 0 Å². The Hall–Kier alpha value is -0.940. The monoisotopic (exact) mass is 268 g/mol. The van der Waals surface area contributed by atoms with E-state index < -0.39 is 0 Å². The number of piperidine rings is 1. The van der Waals surface area contributed by atoms with Crippen molar-refractivity contribution in [2.45, 2.75) is 30.9 Å². The number of thioether (sulfide) groups is 1. The van der Waals surface area contributed by atoms with Crippen LogP contribution < -0.4 is 5.73 Å². The summed E-state index contributed by atoms with van der Waals surface area (Å²) in [6, 6.07) is 3.73. The van der Waals surface area contributed by atoms with Crippen LogP contribution in [-0.2, 0) is 0 Å². The van der Waals surface area contributed by atoms with Crippen LogP contribution in [0.2, 0.25) is 0 Å².